The van der Waals surface area contributed by atoms with E-state index >= 15 is 0 Å². The number of aldehydes is 1. The average molecular weight is 248 g/mol. The van der Waals surface area contributed by atoms with Gasteiger partial charge in [0, 0.05) is 11.8 Å². The molecule has 1 fully saturated rings. The Labute approximate surface area is 108 Å². The van der Waals surface area contributed by atoms with Crippen molar-refractivity contribution in [3.8, 4) is 5.75 Å². The van der Waals surface area contributed by atoms with Crippen LogP contribution in [0.25, 0.3) is 0 Å². The van der Waals surface area contributed by atoms with Gasteiger partial charge in [0.15, 0.2) is 0 Å². The molecule has 3 heteroatoms. The van der Waals surface area contributed by atoms with E-state index in [0.29, 0.717) is 13.0 Å². The molecule has 0 aliphatic carbocycles. The molecule has 1 unspecified atom stereocenters. The van der Waals surface area contributed by atoms with Crippen molar-refractivity contribution in [1.29, 1.82) is 0 Å². The van der Waals surface area contributed by atoms with Crippen molar-refractivity contribution in [3.63, 3.8) is 0 Å². The summed E-state index contributed by atoms with van der Waals surface area (Å²) in [4.78, 5) is 10.6. The zero-order valence-corrected chi connectivity index (χ0v) is 11.0. The molecule has 3 nitrogen and oxygen atoms in total. The number of para-hydroxylation sites is 1. The third kappa shape index (κ3) is 2.91. The largest absolute Gasteiger partial charge is 0.493 e. The topological polar surface area (TPSA) is 35.5 Å². The standard InChI is InChI=1S/C15H20O3/c1-12(7-8-16)13-5-3-4-6-14(13)18-11-15(2)9-17-10-15/h3-6,8,12H,7,9-11H2,1-2H3. The van der Waals surface area contributed by atoms with E-state index in [-0.39, 0.29) is 11.3 Å². The number of hydrogen-bond acceptors (Lipinski definition) is 3. The van der Waals surface area contributed by atoms with Crippen LogP contribution in [0, 0.1) is 5.41 Å². The fourth-order valence-electron chi connectivity index (χ4n) is 2.08. The molecule has 1 aliphatic rings. The van der Waals surface area contributed by atoms with E-state index in [9.17, 15) is 4.79 Å². The van der Waals surface area contributed by atoms with Gasteiger partial charge in [0.05, 0.1) is 19.8 Å². The van der Waals surface area contributed by atoms with Crippen LogP contribution in [-0.2, 0) is 9.53 Å². The molecule has 0 bridgehead atoms. The summed E-state index contributed by atoms with van der Waals surface area (Å²) < 4.78 is 11.1. The molecule has 98 valence electrons. The number of carbonyl (C=O) groups is 1. The molecule has 1 atom stereocenters. The second kappa shape index (κ2) is 5.53. The van der Waals surface area contributed by atoms with Crippen LogP contribution in [-0.4, -0.2) is 26.1 Å². The summed E-state index contributed by atoms with van der Waals surface area (Å²) in [6, 6.07) is 7.95. The lowest BCUT2D eigenvalue weighted by Crippen LogP contribution is -2.44. The summed E-state index contributed by atoms with van der Waals surface area (Å²) in [5.41, 5.74) is 1.24. The van der Waals surface area contributed by atoms with Gasteiger partial charge in [-0.2, -0.15) is 0 Å². The van der Waals surface area contributed by atoms with Gasteiger partial charge in [-0.3, -0.25) is 0 Å². The van der Waals surface area contributed by atoms with Crippen LogP contribution in [0.15, 0.2) is 24.3 Å². The Hall–Kier alpha value is -1.35. The Balaban J connectivity index is 2.04. The first-order valence-electron chi connectivity index (χ1n) is 6.38. The highest BCUT2D eigenvalue weighted by Gasteiger charge is 2.34. The van der Waals surface area contributed by atoms with Gasteiger partial charge >= 0.3 is 0 Å². The molecule has 1 aliphatic heterocycles. The molecule has 1 aromatic carbocycles. The zero-order chi connectivity index (χ0) is 13.0. The van der Waals surface area contributed by atoms with Crippen molar-refractivity contribution >= 4 is 6.29 Å². The fraction of sp³-hybridized carbons (Fsp3) is 0.533. The van der Waals surface area contributed by atoms with Crippen LogP contribution < -0.4 is 4.74 Å². The lowest BCUT2D eigenvalue weighted by Gasteiger charge is -2.37. The Morgan fingerprint density at radius 3 is 2.78 bits per heavy atom. The maximum Gasteiger partial charge on any atom is 0.122 e. The number of rotatable bonds is 6. The van der Waals surface area contributed by atoms with Crippen LogP contribution in [0.4, 0.5) is 0 Å². The van der Waals surface area contributed by atoms with Crippen molar-refractivity contribution in [1.82, 2.24) is 0 Å². The van der Waals surface area contributed by atoms with Gasteiger partial charge in [0.2, 0.25) is 0 Å². The normalized spacial score (nSPS) is 18.8. The molecule has 0 amide bonds. The molecule has 1 heterocycles. The van der Waals surface area contributed by atoms with Gasteiger partial charge in [-0.05, 0) is 17.5 Å². The van der Waals surface area contributed by atoms with E-state index in [4.69, 9.17) is 9.47 Å². The second-order valence-corrected chi connectivity index (χ2v) is 5.43. The quantitative estimate of drug-likeness (QED) is 0.726. The van der Waals surface area contributed by atoms with Crippen molar-refractivity contribution in [2.24, 2.45) is 5.41 Å². The molecule has 0 spiro atoms. The molecule has 0 N–H and O–H groups in total. The second-order valence-electron chi connectivity index (χ2n) is 5.43. The first-order chi connectivity index (χ1) is 8.64. The van der Waals surface area contributed by atoms with Crippen LogP contribution in [0.2, 0.25) is 0 Å². The lowest BCUT2D eigenvalue weighted by molar-refractivity contribution is -0.120. The summed E-state index contributed by atoms with van der Waals surface area (Å²) in [5.74, 6) is 1.09. The Morgan fingerprint density at radius 1 is 1.44 bits per heavy atom. The average Bonchev–Trinajstić information content (AvgIpc) is 2.35. The minimum atomic E-state index is 0.140. The Bertz CT molecular complexity index is 410. The van der Waals surface area contributed by atoms with Gasteiger partial charge in [-0.1, -0.05) is 32.0 Å². The molecule has 1 saturated heterocycles. The minimum absolute atomic E-state index is 0.140. The number of benzene rings is 1. The molecular weight excluding hydrogens is 228 g/mol. The third-order valence-electron chi connectivity index (χ3n) is 3.38. The van der Waals surface area contributed by atoms with E-state index in [1.54, 1.807) is 0 Å². The van der Waals surface area contributed by atoms with Crippen LogP contribution >= 0.6 is 0 Å². The molecule has 2 rings (SSSR count). The van der Waals surface area contributed by atoms with Crippen LogP contribution in [0.3, 0.4) is 0 Å². The number of carbonyl (C=O) groups excluding carboxylic acids is 1. The van der Waals surface area contributed by atoms with Crippen LogP contribution in [0.1, 0.15) is 31.7 Å². The predicted molar refractivity (Wildman–Crippen MR) is 70.0 cm³/mol. The van der Waals surface area contributed by atoms with Crippen molar-refractivity contribution in [2.75, 3.05) is 19.8 Å². The molecule has 0 aromatic heterocycles. The molecular formula is C15H20O3. The van der Waals surface area contributed by atoms with Crippen molar-refractivity contribution in [3.05, 3.63) is 29.8 Å². The Kier molecular flexibility index (Phi) is 4.02. The lowest BCUT2D eigenvalue weighted by atomic mass is 9.90. The third-order valence-corrected chi connectivity index (χ3v) is 3.38. The van der Waals surface area contributed by atoms with Gasteiger partial charge in [0.1, 0.15) is 12.0 Å². The smallest absolute Gasteiger partial charge is 0.122 e. The summed E-state index contributed by atoms with van der Waals surface area (Å²) in [6.07, 6.45) is 1.49. The van der Waals surface area contributed by atoms with E-state index in [2.05, 4.69) is 6.92 Å². The maximum atomic E-state index is 10.6. The number of hydrogen-bond donors (Lipinski definition) is 0. The predicted octanol–water partition coefficient (Wildman–Crippen LogP) is 2.79. The van der Waals surface area contributed by atoms with Crippen molar-refractivity contribution < 1.29 is 14.3 Å². The molecule has 0 radical (unpaired) electrons. The minimum Gasteiger partial charge on any atom is -0.493 e. The SMILES string of the molecule is CC(CC=O)c1ccccc1OCC1(C)COC1. The Morgan fingerprint density at radius 2 is 2.17 bits per heavy atom. The first kappa shape index (κ1) is 13.1. The molecule has 0 saturated carbocycles. The van der Waals surface area contributed by atoms with E-state index in [1.807, 2.05) is 31.2 Å². The molecule has 1 aromatic rings. The van der Waals surface area contributed by atoms with E-state index in [1.165, 1.54) is 0 Å². The summed E-state index contributed by atoms with van der Waals surface area (Å²) in [7, 11) is 0. The van der Waals surface area contributed by atoms with Crippen molar-refractivity contribution in [2.45, 2.75) is 26.2 Å². The zero-order valence-electron chi connectivity index (χ0n) is 11.0. The van der Waals surface area contributed by atoms with E-state index < -0.39 is 0 Å². The fourth-order valence-corrected chi connectivity index (χ4v) is 2.08. The van der Waals surface area contributed by atoms with Gasteiger partial charge in [0.25, 0.3) is 0 Å². The number of ether oxygens (including phenoxy) is 2. The highest BCUT2D eigenvalue weighted by atomic mass is 16.5. The summed E-state index contributed by atoms with van der Waals surface area (Å²) >= 11 is 0. The monoisotopic (exact) mass is 248 g/mol. The highest BCUT2D eigenvalue weighted by Crippen LogP contribution is 2.31. The highest BCUT2D eigenvalue weighted by molar-refractivity contribution is 5.52. The summed E-state index contributed by atoms with van der Waals surface area (Å²) in [6.45, 7) is 6.40. The van der Waals surface area contributed by atoms with Gasteiger partial charge in [-0.15, -0.1) is 0 Å². The van der Waals surface area contributed by atoms with Gasteiger partial charge < -0.3 is 14.3 Å². The van der Waals surface area contributed by atoms with Crippen LogP contribution in [0.5, 0.6) is 5.75 Å². The maximum absolute atomic E-state index is 10.6. The van der Waals surface area contributed by atoms with Gasteiger partial charge in [-0.25, -0.2) is 0 Å². The molecule has 18 heavy (non-hydrogen) atoms. The first-order valence-corrected chi connectivity index (χ1v) is 6.38. The summed E-state index contributed by atoms with van der Waals surface area (Å²) in [5, 5.41) is 0. The van der Waals surface area contributed by atoms with E-state index in [0.717, 1.165) is 30.8 Å².